The number of ether oxygens (including phenoxy) is 1. The summed E-state index contributed by atoms with van der Waals surface area (Å²) in [7, 11) is 0. The van der Waals surface area contributed by atoms with Crippen LogP contribution in [-0.2, 0) is 11.3 Å². The lowest BCUT2D eigenvalue weighted by Crippen LogP contribution is -2.32. The number of benzene rings is 1. The van der Waals surface area contributed by atoms with Crippen LogP contribution in [0.25, 0.3) is 0 Å². The maximum Gasteiger partial charge on any atom is 0.317 e. The highest BCUT2D eigenvalue weighted by Crippen LogP contribution is 2.30. The molecule has 0 radical (unpaired) electrons. The largest absolute Gasteiger partial charge is 0.618 e. The Kier molecular flexibility index (Phi) is 9.07. The van der Waals surface area contributed by atoms with Gasteiger partial charge in [-0.25, -0.2) is 0 Å². The van der Waals surface area contributed by atoms with E-state index in [2.05, 4.69) is 10.6 Å². The van der Waals surface area contributed by atoms with Crippen molar-refractivity contribution in [2.45, 2.75) is 45.2 Å². The zero-order chi connectivity index (χ0) is 21.2. The van der Waals surface area contributed by atoms with E-state index in [1.54, 1.807) is 0 Å². The first-order valence-corrected chi connectivity index (χ1v) is 9.66. The van der Waals surface area contributed by atoms with Crippen LogP contribution in [-0.4, -0.2) is 29.0 Å². The number of aliphatic hydroxyl groups excluding tert-OH is 1. The Morgan fingerprint density at radius 3 is 2.69 bits per heavy atom. The Labute approximate surface area is 174 Å². The third kappa shape index (κ3) is 7.47. The van der Waals surface area contributed by atoms with Crippen LogP contribution in [0.4, 0.5) is 11.4 Å². The van der Waals surface area contributed by atoms with Crippen LogP contribution in [0.2, 0.25) is 5.15 Å². The smallest absolute Gasteiger partial charge is 0.317 e. The number of hydrogen-bond acceptors (Lipinski definition) is 7. The molecule has 158 valence electrons. The topological polar surface area (TPSA) is 124 Å². The number of halogens is 1. The molecule has 2 atom stereocenters. The van der Waals surface area contributed by atoms with Gasteiger partial charge in [0.25, 0.3) is 0 Å². The molecule has 3 N–H and O–H groups in total. The van der Waals surface area contributed by atoms with Gasteiger partial charge in [0.1, 0.15) is 0 Å². The van der Waals surface area contributed by atoms with Gasteiger partial charge in [0.15, 0.2) is 6.20 Å². The molecule has 0 aliphatic carbocycles. The number of pyridine rings is 1. The molecule has 1 aromatic carbocycles. The maximum atomic E-state index is 11.6. The van der Waals surface area contributed by atoms with E-state index < -0.39 is 11.3 Å². The standard InChI is InChI=1S/C19H25ClN4O5/c1-14(22-17-16(24(27)28)10-12-23(26)18(17)20)7-5-6-11-21-19(25)29-13-15-8-3-2-4-9-15/h2-4,8-10,12,14,19,21-22,25H,5-7,11,13H2,1H3/t14-,19?/m0/s1. The number of aliphatic hydroxyl groups is 1. The van der Waals surface area contributed by atoms with Crippen LogP contribution < -0.4 is 15.4 Å². The van der Waals surface area contributed by atoms with E-state index >= 15 is 0 Å². The molecular weight excluding hydrogens is 400 g/mol. The molecule has 29 heavy (non-hydrogen) atoms. The van der Waals surface area contributed by atoms with Gasteiger partial charge in [0, 0.05) is 6.04 Å². The van der Waals surface area contributed by atoms with Crippen LogP contribution in [0.1, 0.15) is 31.7 Å². The van der Waals surface area contributed by atoms with E-state index in [0.717, 1.165) is 30.7 Å². The Bertz CT molecular complexity index is 794. The second-order valence-electron chi connectivity index (χ2n) is 6.59. The summed E-state index contributed by atoms with van der Waals surface area (Å²) >= 11 is 5.91. The molecule has 0 fully saturated rings. The van der Waals surface area contributed by atoms with Crippen molar-refractivity contribution in [2.24, 2.45) is 0 Å². The van der Waals surface area contributed by atoms with Crippen molar-refractivity contribution < 1.29 is 19.5 Å². The maximum absolute atomic E-state index is 11.6. The minimum atomic E-state index is -1.05. The van der Waals surface area contributed by atoms with Gasteiger partial charge in [-0.1, -0.05) is 36.8 Å². The molecule has 0 aliphatic rings. The number of anilines is 1. The van der Waals surface area contributed by atoms with Crippen molar-refractivity contribution in [3.63, 3.8) is 0 Å². The quantitative estimate of drug-likeness (QED) is 0.0909. The van der Waals surface area contributed by atoms with Crippen molar-refractivity contribution in [2.75, 3.05) is 11.9 Å². The van der Waals surface area contributed by atoms with E-state index in [-0.39, 0.29) is 22.6 Å². The fraction of sp³-hybridized carbons (Fsp3) is 0.421. The third-order valence-electron chi connectivity index (χ3n) is 4.24. The monoisotopic (exact) mass is 424 g/mol. The summed E-state index contributed by atoms with van der Waals surface area (Å²) in [6.45, 7) is 2.72. The molecule has 10 heteroatoms. The molecule has 2 aromatic rings. The molecule has 9 nitrogen and oxygen atoms in total. The predicted molar refractivity (Wildman–Crippen MR) is 109 cm³/mol. The zero-order valence-electron chi connectivity index (χ0n) is 16.1. The molecule has 2 rings (SSSR count). The highest BCUT2D eigenvalue weighted by molar-refractivity contribution is 6.31. The fourth-order valence-electron chi connectivity index (χ4n) is 2.72. The predicted octanol–water partition coefficient (Wildman–Crippen LogP) is 2.93. The summed E-state index contributed by atoms with van der Waals surface area (Å²) in [6, 6.07) is 10.5. The Morgan fingerprint density at radius 2 is 2.00 bits per heavy atom. The number of nitrogens with one attached hydrogen (secondary N) is 2. The number of hydrogen-bond donors (Lipinski definition) is 3. The zero-order valence-corrected chi connectivity index (χ0v) is 16.8. The van der Waals surface area contributed by atoms with Crippen LogP contribution in [0.15, 0.2) is 42.6 Å². The summed E-state index contributed by atoms with van der Waals surface area (Å²) in [5, 5.41) is 38.1. The van der Waals surface area contributed by atoms with E-state index in [1.807, 2.05) is 37.3 Å². The SMILES string of the molecule is C[C@@H](CCCCNC(O)OCc1ccccc1)Nc1c([N+](=O)[O-])cc[n+]([O-])c1Cl. The lowest BCUT2D eigenvalue weighted by atomic mass is 10.1. The Hall–Kier alpha value is -2.46. The van der Waals surface area contributed by atoms with Crippen LogP contribution in [0.3, 0.4) is 0 Å². The fourth-order valence-corrected chi connectivity index (χ4v) is 2.92. The van der Waals surface area contributed by atoms with Gasteiger partial charge in [-0.05, 0) is 43.5 Å². The van der Waals surface area contributed by atoms with Gasteiger partial charge in [-0.15, -0.1) is 0 Å². The average molecular weight is 425 g/mol. The molecule has 0 saturated carbocycles. The molecular formula is C19H25ClN4O5. The van der Waals surface area contributed by atoms with E-state index in [1.165, 1.54) is 0 Å². The Balaban J connectivity index is 1.68. The van der Waals surface area contributed by atoms with Crippen molar-refractivity contribution in [3.05, 3.63) is 68.6 Å². The van der Waals surface area contributed by atoms with Gasteiger partial charge < -0.3 is 20.4 Å². The number of rotatable bonds is 12. The number of aromatic nitrogens is 1. The summed E-state index contributed by atoms with van der Waals surface area (Å²) in [6.07, 6.45) is 2.22. The summed E-state index contributed by atoms with van der Waals surface area (Å²) < 4.78 is 5.70. The van der Waals surface area contributed by atoms with Gasteiger partial charge in [0.2, 0.25) is 12.1 Å². The molecule has 0 amide bonds. The first kappa shape index (κ1) is 22.8. The average Bonchev–Trinajstić information content (AvgIpc) is 2.70. The Morgan fingerprint density at radius 1 is 1.28 bits per heavy atom. The second-order valence-corrected chi connectivity index (χ2v) is 6.95. The van der Waals surface area contributed by atoms with Gasteiger partial charge in [0.05, 0.1) is 17.6 Å². The molecule has 1 heterocycles. The van der Waals surface area contributed by atoms with Crippen LogP contribution in [0.5, 0.6) is 0 Å². The highest BCUT2D eigenvalue weighted by atomic mass is 35.5. The summed E-state index contributed by atoms with van der Waals surface area (Å²) in [5.74, 6) is 0. The number of unbranched alkanes of at least 4 members (excludes halogenated alkanes) is 1. The van der Waals surface area contributed by atoms with Crippen molar-refractivity contribution in [3.8, 4) is 0 Å². The minimum absolute atomic E-state index is 0.0181. The highest BCUT2D eigenvalue weighted by Gasteiger charge is 2.24. The molecule has 0 bridgehead atoms. The lowest BCUT2D eigenvalue weighted by Gasteiger charge is -2.16. The van der Waals surface area contributed by atoms with Gasteiger partial charge in [-0.3, -0.25) is 15.4 Å². The van der Waals surface area contributed by atoms with Gasteiger partial charge >= 0.3 is 10.8 Å². The van der Waals surface area contributed by atoms with Crippen molar-refractivity contribution in [1.82, 2.24) is 5.32 Å². The molecule has 0 aliphatic heterocycles. The van der Waals surface area contributed by atoms with Crippen molar-refractivity contribution >= 4 is 23.0 Å². The molecule has 0 saturated heterocycles. The number of nitro groups is 1. The molecule has 1 aromatic heterocycles. The lowest BCUT2D eigenvalue weighted by molar-refractivity contribution is -0.603. The van der Waals surface area contributed by atoms with Crippen molar-refractivity contribution in [1.29, 1.82) is 0 Å². The van der Waals surface area contributed by atoms with E-state index in [9.17, 15) is 20.4 Å². The molecule has 0 spiro atoms. The summed E-state index contributed by atoms with van der Waals surface area (Å²) in [5.41, 5.74) is 0.750. The second kappa shape index (κ2) is 11.5. The van der Waals surface area contributed by atoms with Gasteiger partial charge in [-0.2, -0.15) is 4.73 Å². The normalized spacial score (nSPS) is 13.1. The first-order chi connectivity index (χ1) is 13.9. The van der Waals surface area contributed by atoms with E-state index in [4.69, 9.17) is 16.3 Å². The third-order valence-corrected chi connectivity index (χ3v) is 4.60. The van der Waals surface area contributed by atoms with Crippen LogP contribution in [0, 0.1) is 15.3 Å². The molecule has 1 unspecified atom stereocenters. The summed E-state index contributed by atoms with van der Waals surface area (Å²) in [4.78, 5) is 10.5. The first-order valence-electron chi connectivity index (χ1n) is 9.28. The van der Waals surface area contributed by atoms with Crippen LogP contribution >= 0.6 is 11.6 Å². The number of nitrogens with zero attached hydrogens (tertiary/aromatic N) is 2. The van der Waals surface area contributed by atoms with E-state index in [0.29, 0.717) is 24.3 Å². The minimum Gasteiger partial charge on any atom is -0.618 e.